The molecule has 0 unspecified atom stereocenters. The summed E-state index contributed by atoms with van der Waals surface area (Å²) >= 11 is 0. The third kappa shape index (κ3) is 3.77. The van der Waals surface area contributed by atoms with E-state index in [2.05, 4.69) is 59.0 Å². The second kappa shape index (κ2) is 8.11. The summed E-state index contributed by atoms with van der Waals surface area (Å²) in [5.74, 6) is 0.626. The van der Waals surface area contributed by atoms with Crippen molar-refractivity contribution in [2.24, 2.45) is 13.0 Å². The number of rotatable bonds is 7. The molecule has 0 bridgehead atoms. The lowest BCUT2D eigenvalue weighted by Gasteiger charge is -2.25. The second-order valence-corrected chi connectivity index (χ2v) is 7.09. The summed E-state index contributed by atoms with van der Waals surface area (Å²) in [6, 6.07) is 4.71. The average Bonchev–Trinajstić information content (AvgIpc) is 3.15. The Balaban J connectivity index is 1.66. The Morgan fingerprint density at radius 3 is 2.76 bits per heavy atom. The van der Waals surface area contributed by atoms with Crippen molar-refractivity contribution in [2.75, 3.05) is 20.1 Å². The van der Waals surface area contributed by atoms with Crippen LogP contribution in [0.3, 0.4) is 0 Å². The lowest BCUT2D eigenvalue weighted by molar-refractivity contribution is 0.271. The number of aromatic nitrogens is 3. The Morgan fingerprint density at radius 1 is 1.24 bits per heavy atom. The quantitative estimate of drug-likeness (QED) is 0.841. The number of nitrogens with zero attached hydrogens (tertiary/aromatic N) is 4. The van der Waals surface area contributed by atoms with E-state index in [1.807, 2.05) is 18.5 Å². The maximum Gasteiger partial charge on any atom is 0.0669 e. The molecule has 5 nitrogen and oxygen atoms in total. The molecule has 0 aliphatic carbocycles. The van der Waals surface area contributed by atoms with Crippen molar-refractivity contribution in [2.45, 2.75) is 45.7 Å². The lowest BCUT2D eigenvalue weighted by atomic mass is 9.94. The van der Waals surface area contributed by atoms with E-state index in [9.17, 15) is 0 Å². The minimum atomic E-state index is 0.464. The van der Waals surface area contributed by atoms with Crippen LogP contribution in [0.1, 0.15) is 48.8 Å². The molecule has 136 valence electrons. The van der Waals surface area contributed by atoms with Gasteiger partial charge in [-0.25, -0.2) is 0 Å². The molecule has 0 amide bonds. The maximum atomic E-state index is 4.69. The summed E-state index contributed by atoms with van der Waals surface area (Å²) in [6.07, 6.45) is 7.13. The lowest BCUT2D eigenvalue weighted by Crippen LogP contribution is -2.28. The van der Waals surface area contributed by atoms with Crippen LogP contribution < -0.4 is 5.32 Å². The predicted molar refractivity (Wildman–Crippen MR) is 101 cm³/mol. The molecule has 2 atom stereocenters. The number of aryl methyl sites for hydroxylation is 2. The van der Waals surface area contributed by atoms with Crippen molar-refractivity contribution >= 4 is 0 Å². The molecule has 1 aliphatic rings. The van der Waals surface area contributed by atoms with E-state index in [0.29, 0.717) is 12.0 Å². The van der Waals surface area contributed by atoms with E-state index >= 15 is 0 Å². The van der Waals surface area contributed by atoms with Crippen LogP contribution in [0.4, 0.5) is 0 Å². The zero-order valence-electron chi connectivity index (χ0n) is 16.0. The zero-order valence-corrected chi connectivity index (χ0v) is 16.0. The standard InChI is InChI=1S/C20H31N5/c1-5-18-17(19(6-2)25(4)23-18)14-22-13-16-9-11-24(3)20(16)15-8-7-10-21-12-15/h7-8,10,12,16,20,22H,5-6,9,11,13-14H2,1-4H3/t16-,20-/m0/s1. The second-order valence-electron chi connectivity index (χ2n) is 7.09. The molecule has 2 aromatic heterocycles. The molecule has 5 heteroatoms. The van der Waals surface area contributed by atoms with Gasteiger partial charge in [-0.2, -0.15) is 5.10 Å². The molecule has 0 aromatic carbocycles. The van der Waals surface area contributed by atoms with Crippen molar-refractivity contribution in [3.63, 3.8) is 0 Å². The van der Waals surface area contributed by atoms with Gasteiger partial charge in [0.15, 0.2) is 0 Å². The van der Waals surface area contributed by atoms with Crippen molar-refractivity contribution in [3.8, 4) is 0 Å². The Labute approximate surface area is 151 Å². The topological polar surface area (TPSA) is 46.0 Å². The third-order valence-corrected chi connectivity index (χ3v) is 5.54. The minimum Gasteiger partial charge on any atom is -0.312 e. The summed E-state index contributed by atoms with van der Waals surface area (Å²) in [4.78, 5) is 6.78. The molecular weight excluding hydrogens is 310 g/mol. The summed E-state index contributed by atoms with van der Waals surface area (Å²) in [7, 11) is 4.29. The monoisotopic (exact) mass is 341 g/mol. The van der Waals surface area contributed by atoms with Gasteiger partial charge in [-0.05, 0) is 50.4 Å². The summed E-state index contributed by atoms with van der Waals surface area (Å²) in [5, 5.41) is 8.41. The molecule has 3 heterocycles. The highest BCUT2D eigenvalue weighted by Crippen LogP contribution is 2.35. The molecular formula is C20H31N5. The fourth-order valence-corrected chi connectivity index (χ4v) is 4.29. The number of hydrogen-bond donors (Lipinski definition) is 1. The van der Waals surface area contributed by atoms with E-state index in [0.717, 1.165) is 32.5 Å². The first-order valence-corrected chi connectivity index (χ1v) is 9.50. The Hall–Kier alpha value is -1.72. The van der Waals surface area contributed by atoms with Gasteiger partial charge in [0, 0.05) is 49.8 Å². The maximum absolute atomic E-state index is 4.69. The van der Waals surface area contributed by atoms with E-state index in [4.69, 9.17) is 0 Å². The van der Waals surface area contributed by atoms with E-state index < -0.39 is 0 Å². The van der Waals surface area contributed by atoms with Gasteiger partial charge in [-0.1, -0.05) is 19.9 Å². The van der Waals surface area contributed by atoms with E-state index in [1.165, 1.54) is 28.9 Å². The first-order valence-electron chi connectivity index (χ1n) is 9.50. The molecule has 1 aliphatic heterocycles. The van der Waals surface area contributed by atoms with Crippen molar-refractivity contribution in [1.82, 2.24) is 25.0 Å². The van der Waals surface area contributed by atoms with Crippen LogP contribution in [0.15, 0.2) is 24.5 Å². The molecule has 3 rings (SSSR count). The molecule has 1 saturated heterocycles. The molecule has 1 fully saturated rings. The van der Waals surface area contributed by atoms with Gasteiger partial charge in [0.05, 0.1) is 5.69 Å². The fourth-order valence-electron chi connectivity index (χ4n) is 4.29. The fraction of sp³-hybridized carbons (Fsp3) is 0.600. The highest BCUT2D eigenvalue weighted by molar-refractivity contribution is 5.26. The van der Waals surface area contributed by atoms with Crippen LogP contribution in [0.5, 0.6) is 0 Å². The minimum absolute atomic E-state index is 0.464. The first kappa shape index (κ1) is 18.1. The van der Waals surface area contributed by atoms with Crippen LogP contribution in [0, 0.1) is 5.92 Å². The van der Waals surface area contributed by atoms with Crippen LogP contribution in [-0.2, 0) is 26.4 Å². The molecule has 1 N–H and O–H groups in total. The number of hydrogen-bond acceptors (Lipinski definition) is 4. The smallest absolute Gasteiger partial charge is 0.0669 e. The Bertz CT molecular complexity index is 679. The number of pyridine rings is 1. The summed E-state index contributed by atoms with van der Waals surface area (Å²) < 4.78 is 2.05. The average molecular weight is 342 g/mol. The first-order chi connectivity index (χ1) is 12.2. The zero-order chi connectivity index (χ0) is 17.8. The normalized spacial score (nSPS) is 21.1. The third-order valence-electron chi connectivity index (χ3n) is 5.54. The molecule has 0 saturated carbocycles. The van der Waals surface area contributed by atoms with Gasteiger partial charge in [-0.15, -0.1) is 0 Å². The predicted octanol–water partition coefficient (Wildman–Crippen LogP) is 2.72. The van der Waals surface area contributed by atoms with Crippen LogP contribution >= 0.6 is 0 Å². The van der Waals surface area contributed by atoms with E-state index in [1.54, 1.807) is 0 Å². The summed E-state index contributed by atoms with van der Waals surface area (Å²) in [6.45, 7) is 7.50. The molecule has 0 radical (unpaired) electrons. The largest absolute Gasteiger partial charge is 0.312 e. The number of nitrogens with one attached hydrogen (secondary N) is 1. The van der Waals surface area contributed by atoms with Crippen molar-refractivity contribution in [3.05, 3.63) is 47.0 Å². The molecule has 2 aromatic rings. The van der Waals surface area contributed by atoms with Gasteiger partial charge < -0.3 is 5.32 Å². The van der Waals surface area contributed by atoms with Gasteiger partial charge in [0.1, 0.15) is 0 Å². The van der Waals surface area contributed by atoms with Gasteiger partial charge >= 0.3 is 0 Å². The highest BCUT2D eigenvalue weighted by atomic mass is 15.3. The van der Waals surface area contributed by atoms with E-state index in [-0.39, 0.29) is 0 Å². The SMILES string of the molecule is CCc1nn(C)c(CC)c1CNC[C@@H]1CCN(C)[C@H]1c1cccnc1. The Kier molecular flexibility index (Phi) is 5.86. The molecule has 0 spiro atoms. The van der Waals surface area contributed by atoms with Crippen LogP contribution in [0.25, 0.3) is 0 Å². The van der Waals surface area contributed by atoms with Gasteiger partial charge in [0.25, 0.3) is 0 Å². The highest BCUT2D eigenvalue weighted by Gasteiger charge is 2.32. The summed E-state index contributed by atoms with van der Waals surface area (Å²) in [5.41, 5.74) is 5.33. The molecule has 25 heavy (non-hydrogen) atoms. The van der Waals surface area contributed by atoms with Crippen LogP contribution in [-0.4, -0.2) is 39.8 Å². The van der Waals surface area contributed by atoms with Crippen molar-refractivity contribution in [1.29, 1.82) is 0 Å². The van der Waals surface area contributed by atoms with Crippen LogP contribution in [0.2, 0.25) is 0 Å². The number of likely N-dealkylation sites (tertiary alicyclic amines) is 1. The van der Waals surface area contributed by atoms with Gasteiger partial charge in [-0.3, -0.25) is 14.6 Å². The van der Waals surface area contributed by atoms with Gasteiger partial charge in [0.2, 0.25) is 0 Å². The Morgan fingerprint density at radius 2 is 2.08 bits per heavy atom. The van der Waals surface area contributed by atoms with Crippen molar-refractivity contribution < 1.29 is 0 Å².